The highest BCUT2D eigenvalue weighted by Crippen LogP contribution is 2.11. The van der Waals surface area contributed by atoms with Crippen molar-refractivity contribution in [3.05, 3.63) is 24.3 Å². The van der Waals surface area contributed by atoms with Crippen LogP contribution in [0.2, 0.25) is 0 Å². The molecule has 2 aromatic heterocycles. The number of hydrogen-bond donors (Lipinski definition) is 1. The summed E-state index contributed by atoms with van der Waals surface area (Å²) in [6, 6.07) is 1.98. The molecule has 1 N–H and O–H groups in total. The molecule has 0 fully saturated rings. The molecule has 0 aliphatic rings. The third kappa shape index (κ3) is 1.08. The van der Waals surface area contributed by atoms with E-state index in [1.165, 1.54) is 0 Å². The zero-order valence-electron chi connectivity index (χ0n) is 7.02. The van der Waals surface area contributed by atoms with Crippen LogP contribution in [0.25, 0.3) is 5.65 Å². The molecular formula is C8H7N5. The molecule has 0 saturated carbocycles. The van der Waals surface area contributed by atoms with Crippen LogP contribution in [0.5, 0.6) is 0 Å². The third-order valence-electron chi connectivity index (χ3n) is 1.73. The van der Waals surface area contributed by atoms with Gasteiger partial charge in [0, 0.05) is 25.6 Å². The van der Waals surface area contributed by atoms with Gasteiger partial charge in [0.25, 0.3) is 0 Å². The molecule has 0 atom stereocenters. The number of rotatable bonds is 1. The van der Waals surface area contributed by atoms with Gasteiger partial charge >= 0.3 is 0 Å². The van der Waals surface area contributed by atoms with Crippen molar-refractivity contribution >= 4 is 11.5 Å². The van der Waals surface area contributed by atoms with Crippen LogP contribution in [0.4, 0.5) is 5.82 Å². The van der Waals surface area contributed by atoms with Crippen LogP contribution in [0, 0.1) is 11.3 Å². The molecule has 0 radical (unpaired) electrons. The number of anilines is 1. The van der Waals surface area contributed by atoms with Gasteiger partial charge < -0.3 is 9.72 Å². The summed E-state index contributed by atoms with van der Waals surface area (Å²) < 4.78 is 1.76. The van der Waals surface area contributed by atoms with Crippen molar-refractivity contribution in [1.82, 2.24) is 14.4 Å². The summed E-state index contributed by atoms with van der Waals surface area (Å²) in [7, 11) is 1.77. The summed E-state index contributed by atoms with van der Waals surface area (Å²) in [4.78, 5) is 8.15. The van der Waals surface area contributed by atoms with Crippen molar-refractivity contribution < 1.29 is 0 Å². The number of imidazole rings is 1. The van der Waals surface area contributed by atoms with Crippen molar-refractivity contribution in [2.45, 2.75) is 0 Å². The summed E-state index contributed by atoms with van der Waals surface area (Å²) in [5.41, 5.74) is 1.06. The number of aromatic nitrogens is 3. The van der Waals surface area contributed by atoms with Gasteiger partial charge in [-0.3, -0.25) is 0 Å². The first-order valence-electron chi connectivity index (χ1n) is 3.76. The molecule has 0 unspecified atom stereocenters. The number of hydrogen-bond acceptors (Lipinski definition) is 4. The van der Waals surface area contributed by atoms with Crippen molar-refractivity contribution in [2.24, 2.45) is 0 Å². The Hall–Kier alpha value is -2.09. The maximum absolute atomic E-state index is 8.64. The van der Waals surface area contributed by atoms with Crippen LogP contribution >= 0.6 is 0 Å². The lowest BCUT2D eigenvalue weighted by Crippen LogP contribution is -1.95. The largest absolute Gasteiger partial charge is 0.370 e. The van der Waals surface area contributed by atoms with E-state index in [1.54, 1.807) is 30.0 Å². The molecule has 5 heteroatoms. The average Bonchev–Trinajstić information content (AvgIpc) is 2.59. The minimum atomic E-state index is 0.393. The standard InChI is InChI=1S/C8H7N5/c1-10-7-8-12-6(4-9)5-13(8)3-2-11-7/h2-3,5H,1H3,(H,10,11). The predicted molar refractivity (Wildman–Crippen MR) is 47.2 cm³/mol. The van der Waals surface area contributed by atoms with Gasteiger partial charge in [0.05, 0.1) is 0 Å². The third-order valence-corrected chi connectivity index (χ3v) is 1.73. The van der Waals surface area contributed by atoms with Crippen molar-refractivity contribution in [2.75, 3.05) is 12.4 Å². The highest BCUT2D eigenvalue weighted by atomic mass is 15.1. The van der Waals surface area contributed by atoms with E-state index < -0.39 is 0 Å². The highest BCUT2D eigenvalue weighted by Gasteiger charge is 2.04. The van der Waals surface area contributed by atoms with Crippen LogP contribution in [-0.2, 0) is 0 Å². The number of nitrogens with zero attached hydrogens (tertiary/aromatic N) is 4. The van der Waals surface area contributed by atoms with Crippen molar-refractivity contribution in [3.8, 4) is 6.07 Å². The molecular weight excluding hydrogens is 166 g/mol. The number of nitrogens with one attached hydrogen (secondary N) is 1. The van der Waals surface area contributed by atoms with E-state index in [0.717, 1.165) is 0 Å². The fraction of sp³-hybridized carbons (Fsp3) is 0.125. The van der Waals surface area contributed by atoms with E-state index in [4.69, 9.17) is 5.26 Å². The van der Waals surface area contributed by atoms with Gasteiger partial charge in [-0.1, -0.05) is 0 Å². The number of fused-ring (bicyclic) bond motifs is 1. The topological polar surface area (TPSA) is 66.0 Å². The first-order valence-corrected chi connectivity index (χ1v) is 3.76. The summed E-state index contributed by atoms with van der Waals surface area (Å²) >= 11 is 0. The number of nitriles is 1. The predicted octanol–water partition coefficient (Wildman–Crippen LogP) is 0.643. The minimum absolute atomic E-state index is 0.393. The highest BCUT2D eigenvalue weighted by molar-refractivity contribution is 5.63. The van der Waals surface area contributed by atoms with Gasteiger partial charge in [0.1, 0.15) is 6.07 Å². The zero-order valence-corrected chi connectivity index (χ0v) is 7.02. The first-order chi connectivity index (χ1) is 6.35. The van der Waals surface area contributed by atoms with Crippen LogP contribution in [0.3, 0.4) is 0 Å². The maximum Gasteiger partial charge on any atom is 0.181 e. The molecule has 2 heterocycles. The molecule has 0 aliphatic heterocycles. The van der Waals surface area contributed by atoms with E-state index in [9.17, 15) is 0 Å². The van der Waals surface area contributed by atoms with Gasteiger partial charge in [-0.25, -0.2) is 9.97 Å². The van der Waals surface area contributed by atoms with Gasteiger partial charge in [0.2, 0.25) is 0 Å². The van der Waals surface area contributed by atoms with Crippen LogP contribution < -0.4 is 5.32 Å². The fourth-order valence-electron chi connectivity index (χ4n) is 1.15. The molecule has 0 spiro atoms. The van der Waals surface area contributed by atoms with Crippen molar-refractivity contribution in [1.29, 1.82) is 5.26 Å². The zero-order chi connectivity index (χ0) is 9.26. The summed E-state index contributed by atoms with van der Waals surface area (Å²) in [5, 5.41) is 11.5. The van der Waals surface area contributed by atoms with E-state index >= 15 is 0 Å². The molecule has 0 aliphatic carbocycles. The Bertz CT molecular complexity index is 479. The smallest absolute Gasteiger partial charge is 0.181 e. The second-order valence-corrected chi connectivity index (χ2v) is 2.49. The second-order valence-electron chi connectivity index (χ2n) is 2.49. The van der Waals surface area contributed by atoms with E-state index in [2.05, 4.69) is 15.3 Å². The van der Waals surface area contributed by atoms with Crippen molar-refractivity contribution in [3.63, 3.8) is 0 Å². The lowest BCUT2D eigenvalue weighted by molar-refractivity contribution is 1.12. The average molecular weight is 173 g/mol. The van der Waals surface area contributed by atoms with Crippen LogP contribution in [-0.4, -0.2) is 21.4 Å². The van der Waals surface area contributed by atoms with Gasteiger partial charge in [-0.15, -0.1) is 0 Å². The first kappa shape index (κ1) is 7.55. The molecule has 13 heavy (non-hydrogen) atoms. The molecule has 5 nitrogen and oxygen atoms in total. The molecule has 0 saturated heterocycles. The maximum atomic E-state index is 8.64. The Morgan fingerprint density at radius 2 is 2.46 bits per heavy atom. The van der Waals surface area contributed by atoms with E-state index in [0.29, 0.717) is 17.2 Å². The Balaban J connectivity index is 2.76. The molecule has 0 bridgehead atoms. The summed E-state index contributed by atoms with van der Waals surface area (Å²) in [6.45, 7) is 0. The normalized spacial score (nSPS) is 9.85. The van der Waals surface area contributed by atoms with E-state index in [-0.39, 0.29) is 0 Å². The van der Waals surface area contributed by atoms with E-state index in [1.807, 2.05) is 6.07 Å². The molecule has 0 aromatic carbocycles. The van der Waals surface area contributed by atoms with Gasteiger partial charge in [0.15, 0.2) is 17.2 Å². The Kier molecular flexibility index (Phi) is 1.60. The minimum Gasteiger partial charge on any atom is -0.370 e. The Labute approximate surface area is 74.7 Å². The molecule has 2 aromatic rings. The lowest BCUT2D eigenvalue weighted by atomic mass is 10.5. The quantitative estimate of drug-likeness (QED) is 0.687. The summed E-state index contributed by atoms with van der Waals surface area (Å²) in [6.07, 6.45) is 5.07. The van der Waals surface area contributed by atoms with Crippen LogP contribution in [0.1, 0.15) is 5.69 Å². The lowest BCUT2D eigenvalue weighted by Gasteiger charge is -1.98. The monoisotopic (exact) mass is 173 g/mol. The molecule has 2 rings (SSSR count). The summed E-state index contributed by atoms with van der Waals surface area (Å²) in [5.74, 6) is 0.670. The second kappa shape index (κ2) is 2.75. The fourth-order valence-corrected chi connectivity index (χ4v) is 1.15. The molecule has 64 valence electrons. The Morgan fingerprint density at radius 3 is 3.15 bits per heavy atom. The van der Waals surface area contributed by atoms with Gasteiger partial charge in [-0.2, -0.15) is 5.26 Å². The van der Waals surface area contributed by atoms with Gasteiger partial charge in [-0.05, 0) is 0 Å². The molecule has 0 amide bonds. The van der Waals surface area contributed by atoms with Crippen LogP contribution in [0.15, 0.2) is 18.6 Å². The Morgan fingerprint density at radius 1 is 1.62 bits per heavy atom. The SMILES string of the molecule is CNc1nccn2cc(C#N)nc12.